The molecule has 1 heterocycles. The molecule has 1 atom stereocenters. The summed E-state index contributed by atoms with van der Waals surface area (Å²) in [6.07, 6.45) is 2.01. The van der Waals surface area contributed by atoms with E-state index in [-0.39, 0.29) is 11.9 Å². The van der Waals surface area contributed by atoms with Crippen LogP contribution in [0, 0.1) is 12.8 Å². The Morgan fingerprint density at radius 3 is 2.74 bits per heavy atom. The maximum absolute atomic E-state index is 12.3. The fourth-order valence-electron chi connectivity index (χ4n) is 2.61. The highest BCUT2D eigenvalue weighted by atomic mass is 16.5. The van der Waals surface area contributed by atoms with Gasteiger partial charge in [-0.1, -0.05) is 12.1 Å². The molecular formula is C15H22N2O2. The van der Waals surface area contributed by atoms with E-state index >= 15 is 0 Å². The zero-order chi connectivity index (χ0) is 13.8. The number of carbonyl (C=O) groups excluding carboxylic acids is 1. The highest BCUT2D eigenvalue weighted by Gasteiger charge is 2.23. The Hall–Kier alpha value is -1.55. The van der Waals surface area contributed by atoms with Gasteiger partial charge in [-0.2, -0.15) is 0 Å². The van der Waals surface area contributed by atoms with Crippen molar-refractivity contribution in [2.75, 3.05) is 18.9 Å². The van der Waals surface area contributed by atoms with Gasteiger partial charge in [-0.3, -0.25) is 4.79 Å². The normalized spacial score (nSPS) is 18.0. The minimum absolute atomic E-state index is 0.0745. The smallest absolute Gasteiger partial charge is 0.253 e. The van der Waals surface area contributed by atoms with Crippen molar-refractivity contribution in [2.45, 2.75) is 32.7 Å². The number of nitrogens with one attached hydrogen (secondary N) is 1. The molecule has 1 unspecified atom stereocenters. The molecule has 0 spiro atoms. The third-order valence-electron chi connectivity index (χ3n) is 3.86. The number of rotatable bonds is 3. The molecule has 1 fully saturated rings. The fourth-order valence-corrected chi connectivity index (χ4v) is 2.61. The Bertz CT molecular complexity index is 433. The third kappa shape index (κ3) is 3.26. The molecule has 4 heteroatoms. The summed E-state index contributed by atoms with van der Waals surface area (Å²) in [7, 11) is 0. The van der Waals surface area contributed by atoms with Crippen molar-refractivity contribution < 1.29 is 9.53 Å². The summed E-state index contributed by atoms with van der Waals surface area (Å²) in [6, 6.07) is 5.68. The zero-order valence-electron chi connectivity index (χ0n) is 11.6. The van der Waals surface area contributed by atoms with Gasteiger partial charge in [0.05, 0.1) is 5.56 Å². The molecule has 0 aromatic heterocycles. The molecule has 104 valence electrons. The van der Waals surface area contributed by atoms with Crippen LogP contribution in [-0.4, -0.2) is 25.2 Å². The first-order valence-electron chi connectivity index (χ1n) is 6.83. The van der Waals surface area contributed by atoms with Gasteiger partial charge in [0.15, 0.2) is 0 Å². The monoisotopic (exact) mass is 262 g/mol. The molecule has 2 rings (SSSR count). The first-order chi connectivity index (χ1) is 9.09. The molecule has 0 radical (unpaired) electrons. The number of aryl methyl sites for hydroxylation is 1. The lowest BCUT2D eigenvalue weighted by Gasteiger charge is -2.28. The van der Waals surface area contributed by atoms with Gasteiger partial charge >= 0.3 is 0 Å². The molecular weight excluding hydrogens is 240 g/mol. The lowest BCUT2D eigenvalue weighted by Crippen LogP contribution is -2.40. The molecule has 4 nitrogen and oxygen atoms in total. The minimum Gasteiger partial charge on any atom is -0.398 e. The first kappa shape index (κ1) is 13.9. The van der Waals surface area contributed by atoms with E-state index in [9.17, 15) is 4.79 Å². The van der Waals surface area contributed by atoms with Crippen LogP contribution in [0.5, 0.6) is 0 Å². The van der Waals surface area contributed by atoms with Gasteiger partial charge in [-0.15, -0.1) is 0 Å². The summed E-state index contributed by atoms with van der Waals surface area (Å²) in [5.41, 5.74) is 7.95. The zero-order valence-corrected chi connectivity index (χ0v) is 11.6. The summed E-state index contributed by atoms with van der Waals surface area (Å²) < 4.78 is 5.35. The molecule has 0 aliphatic carbocycles. The average Bonchev–Trinajstić information content (AvgIpc) is 2.39. The average molecular weight is 262 g/mol. The van der Waals surface area contributed by atoms with Gasteiger partial charge in [0, 0.05) is 24.9 Å². The third-order valence-corrected chi connectivity index (χ3v) is 3.86. The number of carbonyl (C=O) groups is 1. The van der Waals surface area contributed by atoms with Gasteiger partial charge in [0.25, 0.3) is 5.91 Å². The molecule has 1 aromatic carbocycles. The van der Waals surface area contributed by atoms with Crippen LogP contribution in [0.3, 0.4) is 0 Å². The van der Waals surface area contributed by atoms with Crippen LogP contribution in [-0.2, 0) is 4.74 Å². The van der Waals surface area contributed by atoms with E-state index in [1.807, 2.05) is 19.1 Å². The number of amides is 1. The number of ether oxygens (including phenoxy) is 1. The maximum Gasteiger partial charge on any atom is 0.253 e. The Labute approximate surface area is 114 Å². The van der Waals surface area contributed by atoms with E-state index in [0.29, 0.717) is 17.2 Å². The highest BCUT2D eigenvalue weighted by Crippen LogP contribution is 2.20. The van der Waals surface area contributed by atoms with Crippen molar-refractivity contribution in [2.24, 2.45) is 5.92 Å². The second-order valence-electron chi connectivity index (χ2n) is 5.25. The van der Waals surface area contributed by atoms with E-state index in [0.717, 1.165) is 31.6 Å². The van der Waals surface area contributed by atoms with E-state index < -0.39 is 0 Å². The highest BCUT2D eigenvalue weighted by molar-refractivity contribution is 6.00. The van der Waals surface area contributed by atoms with Crippen LogP contribution < -0.4 is 11.1 Å². The van der Waals surface area contributed by atoms with Gasteiger partial charge in [-0.05, 0) is 44.2 Å². The first-order valence-corrected chi connectivity index (χ1v) is 6.83. The van der Waals surface area contributed by atoms with Crippen LogP contribution in [0.25, 0.3) is 0 Å². The molecule has 1 aliphatic rings. The quantitative estimate of drug-likeness (QED) is 0.820. The molecule has 1 aromatic rings. The van der Waals surface area contributed by atoms with Gasteiger partial charge in [-0.25, -0.2) is 0 Å². The standard InChI is InChI=1S/C15H22N2O2/c1-10-4-3-5-13(16)14(10)15(18)17-11(2)12-6-8-19-9-7-12/h3-5,11-12H,6-9,16H2,1-2H3,(H,17,18). The topological polar surface area (TPSA) is 64.4 Å². The summed E-state index contributed by atoms with van der Waals surface area (Å²) in [5.74, 6) is 0.414. The van der Waals surface area contributed by atoms with E-state index in [2.05, 4.69) is 12.2 Å². The van der Waals surface area contributed by atoms with Crippen molar-refractivity contribution in [3.05, 3.63) is 29.3 Å². The molecule has 1 amide bonds. The summed E-state index contributed by atoms with van der Waals surface area (Å²) in [6.45, 7) is 5.54. The lowest BCUT2D eigenvalue weighted by molar-refractivity contribution is 0.0538. The Balaban J connectivity index is 2.04. The van der Waals surface area contributed by atoms with E-state index in [1.54, 1.807) is 6.07 Å². The number of hydrogen-bond acceptors (Lipinski definition) is 3. The van der Waals surface area contributed by atoms with Crippen LogP contribution in [0.4, 0.5) is 5.69 Å². The lowest BCUT2D eigenvalue weighted by atomic mass is 9.92. The van der Waals surface area contributed by atoms with Crippen molar-refractivity contribution in [1.82, 2.24) is 5.32 Å². The number of nitrogens with two attached hydrogens (primary N) is 1. The number of hydrogen-bond donors (Lipinski definition) is 2. The second kappa shape index (κ2) is 6.06. The van der Waals surface area contributed by atoms with Crippen molar-refractivity contribution >= 4 is 11.6 Å². The minimum atomic E-state index is -0.0745. The van der Waals surface area contributed by atoms with Crippen LogP contribution in [0.2, 0.25) is 0 Å². The number of anilines is 1. The molecule has 19 heavy (non-hydrogen) atoms. The van der Waals surface area contributed by atoms with Crippen molar-refractivity contribution in [3.63, 3.8) is 0 Å². The molecule has 1 saturated heterocycles. The van der Waals surface area contributed by atoms with Crippen LogP contribution in [0.15, 0.2) is 18.2 Å². The second-order valence-corrected chi connectivity index (χ2v) is 5.25. The van der Waals surface area contributed by atoms with Gasteiger partial charge in [0.2, 0.25) is 0 Å². The summed E-state index contributed by atoms with van der Waals surface area (Å²) in [4.78, 5) is 12.3. The fraction of sp³-hybridized carbons (Fsp3) is 0.533. The predicted octanol–water partition coefficient (Wildman–Crippen LogP) is 2.12. The maximum atomic E-state index is 12.3. The SMILES string of the molecule is Cc1cccc(N)c1C(=O)NC(C)C1CCOCC1. The van der Waals surface area contributed by atoms with E-state index in [1.165, 1.54) is 0 Å². The van der Waals surface area contributed by atoms with E-state index in [4.69, 9.17) is 10.5 Å². The number of nitrogen functional groups attached to an aromatic ring is 1. The number of benzene rings is 1. The summed E-state index contributed by atoms with van der Waals surface area (Å²) in [5, 5.41) is 3.07. The Morgan fingerprint density at radius 2 is 2.11 bits per heavy atom. The van der Waals surface area contributed by atoms with Gasteiger partial charge < -0.3 is 15.8 Å². The molecule has 1 aliphatic heterocycles. The summed E-state index contributed by atoms with van der Waals surface area (Å²) >= 11 is 0. The molecule has 0 bridgehead atoms. The Kier molecular flexibility index (Phi) is 4.43. The van der Waals surface area contributed by atoms with Crippen LogP contribution >= 0.6 is 0 Å². The molecule has 3 N–H and O–H groups in total. The van der Waals surface area contributed by atoms with Crippen molar-refractivity contribution in [1.29, 1.82) is 0 Å². The Morgan fingerprint density at radius 1 is 1.42 bits per heavy atom. The van der Waals surface area contributed by atoms with Gasteiger partial charge in [0.1, 0.15) is 0 Å². The van der Waals surface area contributed by atoms with Crippen LogP contribution in [0.1, 0.15) is 35.7 Å². The largest absolute Gasteiger partial charge is 0.398 e. The molecule has 0 saturated carbocycles. The predicted molar refractivity (Wildman–Crippen MR) is 76.1 cm³/mol. The van der Waals surface area contributed by atoms with Crippen molar-refractivity contribution in [3.8, 4) is 0 Å².